The van der Waals surface area contributed by atoms with Gasteiger partial charge < -0.3 is 9.47 Å². The van der Waals surface area contributed by atoms with Crippen LogP contribution in [-0.2, 0) is 4.79 Å². The molecule has 0 N–H and O–H groups in total. The molecular formula is C15H18F2N2O2. The van der Waals surface area contributed by atoms with Crippen molar-refractivity contribution >= 4 is 11.7 Å². The Morgan fingerprint density at radius 1 is 1.24 bits per heavy atom. The first-order valence-electron chi connectivity index (χ1n) is 7.35. The Hall–Kier alpha value is -1.72. The van der Waals surface area contributed by atoms with E-state index in [2.05, 4.69) is 0 Å². The largest absolute Gasteiger partial charge is 0.341 e. The summed E-state index contributed by atoms with van der Waals surface area (Å²) in [5, 5.41) is 0. The topological polar surface area (TPSA) is 42.3 Å². The first-order chi connectivity index (χ1) is 10.1. The van der Waals surface area contributed by atoms with E-state index < -0.39 is 12.3 Å². The lowest BCUT2D eigenvalue weighted by atomic mass is 9.95. The predicted octanol–water partition coefficient (Wildman–Crippen LogP) is 2.51. The Labute approximate surface area is 121 Å². The molecule has 0 spiro atoms. The van der Waals surface area contributed by atoms with Crippen LogP contribution in [-0.4, -0.2) is 40.7 Å². The number of likely N-dealkylation sites (tertiary alicyclic amines) is 1. The van der Waals surface area contributed by atoms with E-state index in [0.717, 1.165) is 0 Å². The Balaban J connectivity index is 1.70. The van der Waals surface area contributed by atoms with Gasteiger partial charge in [-0.15, -0.1) is 0 Å². The van der Waals surface area contributed by atoms with Gasteiger partial charge in [0.2, 0.25) is 12.3 Å². The van der Waals surface area contributed by atoms with Crippen LogP contribution in [0.25, 0.3) is 0 Å². The van der Waals surface area contributed by atoms with Crippen molar-refractivity contribution in [2.75, 3.05) is 13.1 Å². The maximum Gasteiger partial charge on any atom is 0.245 e. The number of halogens is 2. The van der Waals surface area contributed by atoms with E-state index >= 15 is 0 Å². The Morgan fingerprint density at radius 3 is 2.62 bits per heavy atom. The van der Waals surface area contributed by atoms with Crippen LogP contribution in [0.4, 0.5) is 8.78 Å². The number of aromatic nitrogens is 1. The number of ketones is 1. The molecule has 3 heterocycles. The van der Waals surface area contributed by atoms with Gasteiger partial charge in [-0.3, -0.25) is 9.59 Å². The van der Waals surface area contributed by atoms with Crippen molar-refractivity contribution in [3.8, 4) is 0 Å². The van der Waals surface area contributed by atoms with Crippen LogP contribution >= 0.6 is 0 Å². The van der Waals surface area contributed by atoms with Crippen LogP contribution in [0.5, 0.6) is 0 Å². The molecule has 2 aliphatic heterocycles. The molecule has 6 heteroatoms. The smallest absolute Gasteiger partial charge is 0.245 e. The molecule has 0 aliphatic carbocycles. The number of hydrogen-bond acceptors (Lipinski definition) is 2. The van der Waals surface area contributed by atoms with Crippen molar-refractivity contribution in [2.24, 2.45) is 5.92 Å². The van der Waals surface area contributed by atoms with Crippen LogP contribution in [0, 0.1) is 5.92 Å². The highest BCUT2D eigenvalue weighted by Crippen LogP contribution is 2.30. The van der Waals surface area contributed by atoms with Gasteiger partial charge in [0.1, 0.15) is 6.04 Å². The molecular weight excluding hydrogens is 278 g/mol. The number of carbonyl (C=O) groups is 2. The quantitative estimate of drug-likeness (QED) is 0.841. The molecule has 114 valence electrons. The molecule has 21 heavy (non-hydrogen) atoms. The number of hydrogen-bond donors (Lipinski definition) is 0. The Morgan fingerprint density at radius 2 is 1.95 bits per heavy atom. The van der Waals surface area contributed by atoms with E-state index in [-0.39, 0.29) is 17.7 Å². The van der Waals surface area contributed by atoms with Crippen molar-refractivity contribution in [2.45, 2.75) is 38.2 Å². The average Bonchev–Trinajstić information content (AvgIpc) is 2.97. The second kappa shape index (κ2) is 5.58. The molecule has 4 nitrogen and oxygen atoms in total. The van der Waals surface area contributed by atoms with Gasteiger partial charge in [-0.25, -0.2) is 8.78 Å². The zero-order chi connectivity index (χ0) is 15.0. The van der Waals surface area contributed by atoms with Crippen molar-refractivity contribution in [1.82, 2.24) is 9.47 Å². The molecule has 2 aliphatic rings. The highest BCUT2D eigenvalue weighted by molar-refractivity contribution is 5.97. The first kappa shape index (κ1) is 14.2. The van der Waals surface area contributed by atoms with Crippen LogP contribution in [0.1, 0.15) is 42.2 Å². The van der Waals surface area contributed by atoms with Crippen molar-refractivity contribution in [1.29, 1.82) is 0 Å². The van der Waals surface area contributed by atoms with E-state index in [9.17, 15) is 18.4 Å². The number of Topliss-reactive ketones (excluding diaryl/α,β-unsaturated/α-hetero) is 1. The molecule has 0 aromatic carbocycles. The summed E-state index contributed by atoms with van der Waals surface area (Å²) in [5.41, 5.74) is 0.571. The molecule has 1 aromatic rings. The fourth-order valence-electron chi connectivity index (χ4n) is 3.26. The minimum Gasteiger partial charge on any atom is -0.341 e. The van der Waals surface area contributed by atoms with E-state index in [0.29, 0.717) is 44.5 Å². The number of alkyl halides is 2. The predicted molar refractivity (Wildman–Crippen MR) is 72.3 cm³/mol. The Kier molecular flexibility index (Phi) is 3.78. The standard InChI is InChI=1S/C15H18F2N2O2/c16-14(17)10-5-8-18(9-6-10)15(21)12-3-4-13(20)11-2-1-7-19(11)12/h1-2,7,10,12,14H,3-6,8-9H2. The van der Waals surface area contributed by atoms with Gasteiger partial charge in [0.05, 0.1) is 5.69 Å². The van der Waals surface area contributed by atoms with E-state index in [1.807, 2.05) is 0 Å². The molecule has 0 radical (unpaired) electrons. The summed E-state index contributed by atoms with van der Waals surface area (Å²) in [7, 11) is 0. The van der Waals surface area contributed by atoms with Gasteiger partial charge >= 0.3 is 0 Å². The highest BCUT2D eigenvalue weighted by atomic mass is 19.3. The Bertz CT molecular complexity index is 548. The molecule has 1 saturated heterocycles. The summed E-state index contributed by atoms with van der Waals surface area (Å²) in [6.45, 7) is 0.768. The third-order valence-electron chi connectivity index (χ3n) is 4.54. The van der Waals surface area contributed by atoms with E-state index in [4.69, 9.17) is 0 Å². The molecule has 0 bridgehead atoms. The number of nitrogens with zero attached hydrogens (tertiary/aromatic N) is 2. The summed E-state index contributed by atoms with van der Waals surface area (Å²) in [4.78, 5) is 26.1. The van der Waals surface area contributed by atoms with Crippen LogP contribution in [0.3, 0.4) is 0 Å². The minimum absolute atomic E-state index is 0.0485. The normalized spacial score (nSPS) is 23.5. The minimum atomic E-state index is -2.30. The number of amides is 1. The lowest BCUT2D eigenvalue weighted by Gasteiger charge is -2.35. The monoisotopic (exact) mass is 296 g/mol. The molecule has 1 unspecified atom stereocenters. The third kappa shape index (κ3) is 2.59. The lowest BCUT2D eigenvalue weighted by Crippen LogP contribution is -2.44. The van der Waals surface area contributed by atoms with Gasteiger partial charge in [-0.05, 0) is 31.4 Å². The second-order valence-electron chi connectivity index (χ2n) is 5.78. The van der Waals surface area contributed by atoms with Crippen molar-refractivity contribution in [3.05, 3.63) is 24.0 Å². The number of piperidine rings is 1. The summed E-state index contributed by atoms with van der Waals surface area (Å²) < 4.78 is 27.0. The zero-order valence-electron chi connectivity index (χ0n) is 11.7. The fourth-order valence-corrected chi connectivity index (χ4v) is 3.26. The molecule has 3 rings (SSSR count). The molecule has 1 aromatic heterocycles. The van der Waals surface area contributed by atoms with Gasteiger partial charge in [-0.1, -0.05) is 0 Å². The van der Waals surface area contributed by atoms with Crippen molar-refractivity contribution in [3.63, 3.8) is 0 Å². The summed E-state index contributed by atoms with van der Waals surface area (Å²) >= 11 is 0. The van der Waals surface area contributed by atoms with E-state index in [1.165, 1.54) is 0 Å². The average molecular weight is 296 g/mol. The van der Waals surface area contributed by atoms with Gasteiger partial charge in [0, 0.05) is 31.6 Å². The molecule has 1 fully saturated rings. The maximum atomic E-state index is 12.7. The second-order valence-corrected chi connectivity index (χ2v) is 5.78. The maximum absolute atomic E-state index is 12.7. The van der Waals surface area contributed by atoms with Crippen molar-refractivity contribution < 1.29 is 18.4 Å². The fraction of sp³-hybridized carbons (Fsp3) is 0.600. The van der Waals surface area contributed by atoms with Crippen LogP contribution in [0.15, 0.2) is 18.3 Å². The third-order valence-corrected chi connectivity index (χ3v) is 4.54. The number of rotatable bonds is 2. The van der Waals surface area contributed by atoms with Crippen LogP contribution in [0.2, 0.25) is 0 Å². The first-order valence-corrected chi connectivity index (χ1v) is 7.35. The van der Waals surface area contributed by atoms with Gasteiger partial charge in [-0.2, -0.15) is 0 Å². The van der Waals surface area contributed by atoms with Gasteiger partial charge in [0.25, 0.3) is 0 Å². The molecule has 0 saturated carbocycles. The molecule has 1 amide bonds. The SMILES string of the molecule is O=C1CCC(C(=O)N2CCC(C(F)F)CC2)n2cccc21. The highest BCUT2D eigenvalue weighted by Gasteiger charge is 2.35. The van der Waals surface area contributed by atoms with Crippen LogP contribution < -0.4 is 0 Å². The number of fused-ring (bicyclic) bond motifs is 1. The summed E-state index contributed by atoms with van der Waals surface area (Å²) in [6, 6.07) is 3.13. The molecule has 1 atom stereocenters. The summed E-state index contributed by atoms with van der Waals surface area (Å²) in [5.74, 6) is -0.586. The van der Waals surface area contributed by atoms with E-state index in [1.54, 1.807) is 27.8 Å². The summed E-state index contributed by atoms with van der Waals surface area (Å²) in [6.07, 6.45) is 1.02. The lowest BCUT2D eigenvalue weighted by molar-refractivity contribution is -0.137. The van der Waals surface area contributed by atoms with Gasteiger partial charge in [0.15, 0.2) is 5.78 Å². The number of carbonyl (C=O) groups excluding carboxylic acids is 2. The zero-order valence-corrected chi connectivity index (χ0v) is 11.7.